The van der Waals surface area contributed by atoms with Crippen LogP contribution < -0.4 is 5.32 Å². The number of alkyl halides is 2. The van der Waals surface area contributed by atoms with Gasteiger partial charge in [-0.25, -0.2) is 8.78 Å². The van der Waals surface area contributed by atoms with Gasteiger partial charge in [-0.15, -0.1) is 0 Å². The molecule has 1 fully saturated rings. The Kier molecular flexibility index (Phi) is 3.74. The van der Waals surface area contributed by atoms with Crippen molar-refractivity contribution in [2.24, 2.45) is 0 Å². The number of nitrogens with one attached hydrogen (secondary N) is 1. The lowest BCUT2D eigenvalue weighted by Crippen LogP contribution is -2.42. The van der Waals surface area contributed by atoms with Gasteiger partial charge in [-0.1, -0.05) is 18.2 Å². The smallest absolute Gasteiger partial charge is 0.270 e. The number of halogens is 2. The molecule has 1 aromatic rings. The first-order chi connectivity index (χ1) is 8.05. The minimum atomic E-state index is -2.77. The number of morpholine rings is 1. The van der Waals surface area contributed by atoms with Crippen LogP contribution in [0.5, 0.6) is 0 Å². The Bertz CT molecular complexity index is 370. The Balaban J connectivity index is 2.05. The molecule has 0 radical (unpaired) electrons. The van der Waals surface area contributed by atoms with Gasteiger partial charge < -0.3 is 10.1 Å². The van der Waals surface area contributed by atoms with E-state index in [9.17, 15) is 8.78 Å². The molecule has 4 heteroatoms. The highest BCUT2D eigenvalue weighted by Gasteiger charge is 2.24. The average molecular weight is 241 g/mol. The van der Waals surface area contributed by atoms with Crippen molar-refractivity contribution in [3.05, 3.63) is 35.4 Å². The van der Waals surface area contributed by atoms with Crippen LogP contribution in [-0.4, -0.2) is 25.8 Å². The van der Waals surface area contributed by atoms with Gasteiger partial charge in [0.1, 0.15) is 0 Å². The van der Waals surface area contributed by atoms with Crippen molar-refractivity contribution < 1.29 is 13.5 Å². The highest BCUT2D eigenvalue weighted by Crippen LogP contribution is 2.27. The predicted octanol–water partition coefficient (Wildman–Crippen LogP) is 2.33. The number of hydrogen-bond donors (Lipinski definition) is 1. The van der Waals surface area contributed by atoms with Gasteiger partial charge in [-0.05, 0) is 18.1 Å². The van der Waals surface area contributed by atoms with Gasteiger partial charge in [0.05, 0.1) is 13.2 Å². The maximum absolute atomic E-state index is 13.2. The van der Waals surface area contributed by atoms with Crippen LogP contribution in [0.3, 0.4) is 0 Å². The highest BCUT2D eigenvalue weighted by molar-refractivity contribution is 5.27. The van der Waals surface area contributed by atoms with E-state index in [1.54, 1.807) is 12.1 Å². The molecule has 2 rings (SSSR count). The van der Waals surface area contributed by atoms with Crippen molar-refractivity contribution in [2.75, 3.05) is 19.8 Å². The molecule has 1 aliphatic heterocycles. The Labute approximate surface area is 100.0 Å². The first-order valence-electron chi connectivity index (χ1n) is 5.84. The molecule has 0 aliphatic carbocycles. The lowest BCUT2D eigenvalue weighted by atomic mass is 10.0. The minimum Gasteiger partial charge on any atom is -0.379 e. The Morgan fingerprint density at radius 1 is 1.47 bits per heavy atom. The predicted molar refractivity (Wildman–Crippen MR) is 62.3 cm³/mol. The summed E-state index contributed by atoms with van der Waals surface area (Å²) in [7, 11) is 0. The molecule has 1 saturated heterocycles. The van der Waals surface area contributed by atoms with Crippen LogP contribution >= 0.6 is 0 Å². The summed E-state index contributed by atoms with van der Waals surface area (Å²) < 4.78 is 31.7. The van der Waals surface area contributed by atoms with Crippen LogP contribution in [-0.2, 0) is 17.1 Å². The second-order valence-corrected chi connectivity index (χ2v) is 4.52. The molecular formula is C13H17F2NO. The van der Waals surface area contributed by atoms with Crippen LogP contribution in [0.25, 0.3) is 0 Å². The average Bonchev–Trinajstić information content (AvgIpc) is 2.29. The van der Waals surface area contributed by atoms with Gasteiger partial charge in [0.15, 0.2) is 0 Å². The fraction of sp³-hybridized carbons (Fsp3) is 0.538. The second kappa shape index (κ2) is 5.10. The first-order valence-corrected chi connectivity index (χ1v) is 5.84. The number of hydrogen-bond acceptors (Lipinski definition) is 2. The van der Waals surface area contributed by atoms with E-state index in [0.29, 0.717) is 6.61 Å². The fourth-order valence-electron chi connectivity index (χ4n) is 2.01. The molecule has 1 aliphatic rings. The van der Waals surface area contributed by atoms with E-state index in [0.717, 1.165) is 32.1 Å². The van der Waals surface area contributed by atoms with E-state index >= 15 is 0 Å². The molecule has 1 unspecified atom stereocenters. The lowest BCUT2D eigenvalue weighted by molar-refractivity contribution is 0.0173. The Morgan fingerprint density at radius 3 is 2.94 bits per heavy atom. The highest BCUT2D eigenvalue weighted by atomic mass is 19.3. The van der Waals surface area contributed by atoms with Crippen LogP contribution in [0.15, 0.2) is 24.3 Å². The van der Waals surface area contributed by atoms with Gasteiger partial charge in [-0.3, -0.25) is 0 Å². The molecule has 1 aromatic carbocycles. The third-order valence-electron chi connectivity index (χ3n) is 2.91. The van der Waals surface area contributed by atoms with Gasteiger partial charge in [0, 0.05) is 25.1 Å². The molecule has 0 aromatic heterocycles. The second-order valence-electron chi connectivity index (χ2n) is 4.52. The molecule has 1 heterocycles. The normalized spacial score (nSPS) is 21.5. The lowest BCUT2D eigenvalue weighted by Gasteiger charge is -2.24. The van der Waals surface area contributed by atoms with Gasteiger partial charge in [0.25, 0.3) is 5.92 Å². The summed E-state index contributed by atoms with van der Waals surface area (Å²) in [6.07, 6.45) is 0.726. The van der Waals surface area contributed by atoms with E-state index in [2.05, 4.69) is 5.32 Å². The third kappa shape index (κ3) is 3.48. The van der Waals surface area contributed by atoms with E-state index < -0.39 is 5.92 Å². The zero-order valence-electron chi connectivity index (χ0n) is 9.88. The summed E-state index contributed by atoms with van der Waals surface area (Å²) in [6, 6.07) is 6.84. The van der Waals surface area contributed by atoms with Crippen molar-refractivity contribution in [3.8, 4) is 0 Å². The third-order valence-corrected chi connectivity index (χ3v) is 2.91. The standard InChI is InChI=1S/C13H17F2NO/c1-13(14,15)11-4-2-3-10(7-11)8-12-9-17-6-5-16-12/h2-4,7,12,16H,5-6,8-9H2,1H3. The van der Waals surface area contributed by atoms with Crippen molar-refractivity contribution in [3.63, 3.8) is 0 Å². The summed E-state index contributed by atoms with van der Waals surface area (Å²) in [4.78, 5) is 0. The number of ether oxygens (including phenoxy) is 1. The zero-order chi connectivity index (χ0) is 12.3. The number of rotatable bonds is 3. The summed E-state index contributed by atoms with van der Waals surface area (Å²) >= 11 is 0. The van der Waals surface area contributed by atoms with Crippen LogP contribution in [0.1, 0.15) is 18.1 Å². The van der Waals surface area contributed by atoms with Crippen LogP contribution in [0.4, 0.5) is 8.78 Å². The van der Waals surface area contributed by atoms with E-state index in [-0.39, 0.29) is 11.6 Å². The largest absolute Gasteiger partial charge is 0.379 e. The van der Waals surface area contributed by atoms with Crippen LogP contribution in [0, 0.1) is 0 Å². The topological polar surface area (TPSA) is 21.3 Å². The molecular weight excluding hydrogens is 224 g/mol. The van der Waals surface area contributed by atoms with Gasteiger partial charge >= 0.3 is 0 Å². The summed E-state index contributed by atoms with van der Waals surface area (Å²) in [5.41, 5.74) is 0.999. The van der Waals surface area contributed by atoms with E-state index in [4.69, 9.17) is 4.74 Å². The fourth-order valence-corrected chi connectivity index (χ4v) is 2.01. The first kappa shape index (κ1) is 12.5. The quantitative estimate of drug-likeness (QED) is 0.877. The Morgan fingerprint density at radius 2 is 2.29 bits per heavy atom. The van der Waals surface area contributed by atoms with E-state index in [1.165, 1.54) is 6.07 Å². The maximum Gasteiger partial charge on any atom is 0.270 e. The SMILES string of the molecule is CC(F)(F)c1cccc(CC2COCCN2)c1. The van der Waals surface area contributed by atoms with Crippen LogP contribution in [0.2, 0.25) is 0 Å². The summed E-state index contributed by atoms with van der Waals surface area (Å²) in [6.45, 7) is 3.12. The monoisotopic (exact) mass is 241 g/mol. The maximum atomic E-state index is 13.2. The summed E-state index contributed by atoms with van der Waals surface area (Å²) in [5.74, 6) is -2.77. The molecule has 1 atom stereocenters. The molecule has 94 valence electrons. The van der Waals surface area contributed by atoms with Crippen molar-refractivity contribution >= 4 is 0 Å². The van der Waals surface area contributed by atoms with Crippen molar-refractivity contribution in [1.29, 1.82) is 0 Å². The van der Waals surface area contributed by atoms with Crippen molar-refractivity contribution in [2.45, 2.75) is 25.3 Å². The Hall–Kier alpha value is -1.00. The van der Waals surface area contributed by atoms with E-state index in [1.807, 2.05) is 6.07 Å². The number of benzene rings is 1. The molecule has 0 amide bonds. The van der Waals surface area contributed by atoms with Crippen molar-refractivity contribution in [1.82, 2.24) is 5.32 Å². The molecule has 1 N–H and O–H groups in total. The molecule has 0 spiro atoms. The van der Waals surface area contributed by atoms with Gasteiger partial charge in [-0.2, -0.15) is 0 Å². The molecule has 2 nitrogen and oxygen atoms in total. The van der Waals surface area contributed by atoms with Gasteiger partial charge in [0.2, 0.25) is 0 Å². The molecule has 0 saturated carbocycles. The summed E-state index contributed by atoms with van der Waals surface area (Å²) in [5, 5.41) is 3.31. The molecule has 0 bridgehead atoms. The zero-order valence-corrected chi connectivity index (χ0v) is 9.88. The molecule has 17 heavy (non-hydrogen) atoms. The minimum absolute atomic E-state index is 0.0757.